The molecule has 0 bridgehead atoms. The van der Waals surface area contributed by atoms with E-state index in [-0.39, 0.29) is 17.7 Å². The van der Waals surface area contributed by atoms with Crippen LogP contribution in [0.5, 0.6) is 5.75 Å². The summed E-state index contributed by atoms with van der Waals surface area (Å²) in [5.41, 5.74) is 0.937. The van der Waals surface area contributed by atoms with Gasteiger partial charge in [0, 0.05) is 31.3 Å². The molecule has 0 unspecified atom stereocenters. The normalized spacial score (nSPS) is 14.8. The van der Waals surface area contributed by atoms with Gasteiger partial charge >= 0.3 is 0 Å². The Hall–Kier alpha value is -2.86. The highest BCUT2D eigenvalue weighted by molar-refractivity contribution is 6.30. The predicted octanol–water partition coefficient (Wildman–Crippen LogP) is 4.02. The average Bonchev–Trinajstić information content (AvgIpc) is 2.75. The number of amides is 2. The Bertz CT molecular complexity index is 858. The lowest BCUT2D eigenvalue weighted by molar-refractivity contribution is -0.130. The van der Waals surface area contributed by atoms with E-state index in [2.05, 4.69) is 10.3 Å². The van der Waals surface area contributed by atoms with E-state index in [0.717, 1.165) is 11.3 Å². The first kappa shape index (κ1) is 20.9. The SMILES string of the molecule is CCOc1ccc(/C=C/C(=O)N2CCC(C(=O)Nc3ccc(Cl)cn3)CC2)cc1. The lowest BCUT2D eigenvalue weighted by Gasteiger charge is -2.30. The van der Waals surface area contributed by atoms with Crippen LogP contribution in [-0.2, 0) is 9.59 Å². The first-order valence-electron chi connectivity index (χ1n) is 9.67. The molecule has 1 aromatic heterocycles. The second-order valence-electron chi connectivity index (χ2n) is 6.79. The summed E-state index contributed by atoms with van der Waals surface area (Å²) < 4.78 is 5.41. The molecule has 1 aliphatic heterocycles. The van der Waals surface area contributed by atoms with Crippen molar-refractivity contribution in [3.05, 3.63) is 59.3 Å². The van der Waals surface area contributed by atoms with Crippen LogP contribution in [0.3, 0.4) is 0 Å². The van der Waals surface area contributed by atoms with Crippen LogP contribution in [0.15, 0.2) is 48.7 Å². The second-order valence-corrected chi connectivity index (χ2v) is 7.22. The molecule has 0 aliphatic carbocycles. The van der Waals surface area contributed by atoms with Gasteiger partial charge in [-0.15, -0.1) is 0 Å². The van der Waals surface area contributed by atoms with Crippen LogP contribution in [0.25, 0.3) is 6.08 Å². The smallest absolute Gasteiger partial charge is 0.246 e. The third-order valence-corrected chi connectivity index (χ3v) is 4.99. The van der Waals surface area contributed by atoms with Crippen molar-refractivity contribution in [1.82, 2.24) is 9.88 Å². The summed E-state index contributed by atoms with van der Waals surface area (Å²) in [7, 11) is 0. The molecule has 29 heavy (non-hydrogen) atoms. The van der Waals surface area contributed by atoms with Gasteiger partial charge in [0.1, 0.15) is 11.6 Å². The number of rotatable bonds is 6. The zero-order valence-corrected chi connectivity index (χ0v) is 17.1. The highest BCUT2D eigenvalue weighted by Crippen LogP contribution is 2.20. The van der Waals surface area contributed by atoms with E-state index >= 15 is 0 Å². The van der Waals surface area contributed by atoms with Crippen molar-refractivity contribution in [2.45, 2.75) is 19.8 Å². The maximum atomic E-state index is 12.4. The van der Waals surface area contributed by atoms with Gasteiger partial charge in [-0.05, 0) is 55.7 Å². The highest BCUT2D eigenvalue weighted by atomic mass is 35.5. The molecule has 7 heteroatoms. The minimum absolute atomic E-state index is 0.0443. The van der Waals surface area contributed by atoms with Crippen LogP contribution in [0.4, 0.5) is 5.82 Å². The van der Waals surface area contributed by atoms with Crippen LogP contribution in [0.2, 0.25) is 5.02 Å². The molecule has 0 radical (unpaired) electrons. The van der Waals surface area contributed by atoms with E-state index in [1.54, 1.807) is 29.2 Å². The molecule has 2 heterocycles. The number of halogens is 1. The Labute approximate surface area is 175 Å². The lowest BCUT2D eigenvalue weighted by Crippen LogP contribution is -2.40. The highest BCUT2D eigenvalue weighted by Gasteiger charge is 2.26. The quantitative estimate of drug-likeness (QED) is 0.726. The molecule has 1 aliphatic rings. The predicted molar refractivity (Wildman–Crippen MR) is 114 cm³/mol. The molecule has 6 nitrogen and oxygen atoms in total. The molecular formula is C22H24ClN3O3. The number of ether oxygens (including phenoxy) is 1. The zero-order valence-electron chi connectivity index (χ0n) is 16.3. The van der Waals surface area contributed by atoms with Gasteiger partial charge in [-0.2, -0.15) is 0 Å². The van der Waals surface area contributed by atoms with Gasteiger partial charge in [0.25, 0.3) is 0 Å². The van der Waals surface area contributed by atoms with E-state index in [1.165, 1.54) is 6.20 Å². The molecule has 0 saturated carbocycles. The molecule has 0 spiro atoms. The fourth-order valence-corrected chi connectivity index (χ4v) is 3.27. The Kier molecular flexibility index (Phi) is 7.25. The van der Waals surface area contributed by atoms with Gasteiger partial charge in [-0.1, -0.05) is 23.7 Å². The van der Waals surface area contributed by atoms with Gasteiger partial charge in [-0.25, -0.2) is 4.98 Å². The summed E-state index contributed by atoms with van der Waals surface area (Å²) in [5, 5.41) is 3.33. The zero-order chi connectivity index (χ0) is 20.6. The molecule has 3 rings (SSSR count). The first-order valence-corrected chi connectivity index (χ1v) is 10.0. The second kappa shape index (κ2) is 10.1. The van der Waals surface area contributed by atoms with Gasteiger partial charge in [0.15, 0.2) is 0 Å². The van der Waals surface area contributed by atoms with Crippen LogP contribution in [-0.4, -0.2) is 41.4 Å². The third kappa shape index (κ3) is 6.06. The van der Waals surface area contributed by atoms with Crippen molar-refractivity contribution < 1.29 is 14.3 Å². The maximum Gasteiger partial charge on any atom is 0.246 e. The number of carbonyl (C=O) groups excluding carboxylic acids is 2. The number of hydrogen-bond acceptors (Lipinski definition) is 4. The van der Waals surface area contributed by atoms with Gasteiger partial charge in [-0.3, -0.25) is 9.59 Å². The number of aromatic nitrogens is 1. The van der Waals surface area contributed by atoms with Crippen LogP contribution in [0, 0.1) is 5.92 Å². The van der Waals surface area contributed by atoms with Crippen molar-refractivity contribution in [3.8, 4) is 5.75 Å². The fraction of sp³-hybridized carbons (Fsp3) is 0.318. The number of pyridine rings is 1. The lowest BCUT2D eigenvalue weighted by atomic mass is 9.96. The van der Waals surface area contributed by atoms with Crippen LogP contribution in [0.1, 0.15) is 25.3 Å². The maximum absolute atomic E-state index is 12.4. The molecule has 152 valence electrons. The summed E-state index contributed by atoms with van der Waals surface area (Å²) >= 11 is 5.80. The number of nitrogens with zero attached hydrogens (tertiary/aromatic N) is 2. The van der Waals surface area contributed by atoms with E-state index < -0.39 is 0 Å². The minimum Gasteiger partial charge on any atom is -0.494 e. The average molecular weight is 414 g/mol. The number of carbonyl (C=O) groups is 2. The van der Waals surface area contributed by atoms with Crippen molar-refractivity contribution in [3.63, 3.8) is 0 Å². The molecule has 0 atom stereocenters. The molecule has 1 aromatic carbocycles. The van der Waals surface area contributed by atoms with Gasteiger partial charge in [0.2, 0.25) is 11.8 Å². The Morgan fingerprint density at radius 2 is 1.93 bits per heavy atom. The number of benzene rings is 1. The standard InChI is InChI=1S/C22H24ClN3O3/c1-2-29-19-7-3-16(4-8-19)5-10-21(27)26-13-11-17(12-14-26)22(28)25-20-9-6-18(23)15-24-20/h3-10,15,17H,2,11-14H2,1H3,(H,24,25,28)/b10-5+. The van der Waals surface area contributed by atoms with Gasteiger partial charge in [0.05, 0.1) is 11.6 Å². The van der Waals surface area contributed by atoms with Crippen LogP contribution < -0.4 is 10.1 Å². The van der Waals surface area contributed by atoms with E-state index in [4.69, 9.17) is 16.3 Å². The molecule has 2 aromatic rings. The van der Waals surface area contributed by atoms with E-state index in [0.29, 0.717) is 43.4 Å². The molecular weight excluding hydrogens is 390 g/mol. The molecule has 2 amide bonds. The van der Waals surface area contributed by atoms with Crippen LogP contribution >= 0.6 is 11.6 Å². The summed E-state index contributed by atoms with van der Waals surface area (Å²) in [4.78, 5) is 30.7. The topological polar surface area (TPSA) is 71.5 Å². The third-order valence-electron chi connectivity index (χ3n) is 4.77. The molecule has 1 fully saturated rings. The summed E-state index contributed by atoms with van der Waals surface area (Å²) in [6.45, 7) is 3.67. The Morgan fingerprint density at radius 3 is 2.55 bits per heavy atom. The number of nitrogens with one attached hydrogen (secondary N) is 1. The van der Waals surface area contributed by atoms with E-state index in [9.17, 15) is 9.59 Å². The number of hydrogen-bond donors (Lipinski definition) is 1. The molecule has 1 saturated heterocycles. The number of anilines is 1. The summed E-state index contributed by atoms with van der Waals surface area (Å²) in [5.74, 6) is 1.04. The van der Waals surface area contributed by atoms with Crippen molar-refractivity contribution in [2.24, 2.45) is 5.92 Å². The van der Waals surface area contributed by atoms with Crippen molar-refractivity contribution in [1.29, 1.82) is 0 Å². The largest absolute Gasteiger partial charge is 0.494 e. The number of likely N-dealkylation sites (tertiary alicyclic amines) is 1. The fourth-order valence-electron chi connectivity index (χ4n) is 3.15. The van der Waals surface area contributed by atoms with Crippen molar-refractivity contribution >= 4 is 35.3 Å². The Morgan fingerprint density at radius 1 is 1.21 bits per heavy atom. The molecule has 1 N–H and O–H groups in total. The number of piperidine rings is 1. The van der Waals surface area contributed by atoms with Crippen molar-refractivity contribution in [2.75, 3.05) is 25.0 Å². The monoisotopic (exact) mass is 413 g/mol. The van der Waals surface area contributed by atoms with E-state index in [1.807, 2.05) is 31.2 Å². The summed E-state index contributed by atoms with van der Waals surface area (Å²) in [6.07, 6.45) is 6.12. The Balaban J connectivity index is 1.47. The summed E-state index contributed by atoms with van der Waals surface area (Å²) in [6, 6.07) is 10.9. The van der Waals surface area contributed by atoms with Gasteiger partial charge < -0.3 is 15.0 Å². The minimum atomic E-state index is -0.133. The first-order chi connectivity index (χ1) is 14.0.